The van der Waals surface area contributed by atoms with Gasteiger partial charge in [-0.25, -0.2) is 4.85 Å². The van der Waals surface area contributed by atoms with E-state index >= 15 is 0 Å². The highest BCUT2D eigenvalue weighted by Gasteiger charge is 2.42. The molecule has 2 amide bonds. The molecule has 0 unspecified atom stereocenters. The van der Waals surface area contributed by atoms with Crippen molar-refractivity contribution in [3.63, 3.8) is 0 Å². The van der Waals surface area contributed by atoms with Crippen molar-refractivity contribution < 1.29 is 9.59 Å². The van der Waals surface area contributed by atoms with E-state index in [0.717, 1.165) is 75.7 Å². The summed E-state index contributed by atoms with van der Waals surface area (Å²) >= 11 is 6.30. The van der Waals surface area contributed by atoms with E-state index < -0.39 is 0 Å². The standard InChI is InChI=1S/C44H32N4O2S4/c1-4-18-47-35-23-27(38-16-12-30(53-38)22-29(26-45)37-8-6-20-51-37)10-14-32(35)41(43(47)49)42-33-15-11-28(24-36(33)48(19-5-2)44(42)50)39-17-13-31(54-39)25-34(46-3)40-9-7-21-52-40/h6-17,20-25H,4-5,18-19H2,1-2H3/b29-22+,34-25-,42-41+. The molecule has 8 rings (SSSR count). The minimum absolute atomic E-state index is 0.151. The number of nitriles is 1. The molecular formula is C44H32N4O2S4. The van der Waals surface area contributed by atoms with Crippen molar-refractivity contribution >= 4 is 103 Å². The number of allylic oxidation sites excluding steroid dienone is 1. The summed E-state index contributed by atoms with van der Waals surface area (Å²) < 4.78 is 0. The lowest BCUT2D eigenvalue weighted by atomic mass is 9.95. The summed E-state index contributed by atoms with van der Waals surface area (Å²) in [6.07, 6.45) is 5.39. The van der Waals surface area contributed by atoms with Crippen LogP contribution in [0.3, 0.4) is 0 Å². The highest BCUT2D eigenvalue weighted by Crippen LogP contribution is 2.49. The van der Waals surface area contributed by atoms with Crippen molar-refractivity contribution in [2.75, 3.05) is 22.9 Å². The average molecular weight is 777 g/mol. The zero-order chi connectivity index (χ0) is 37.3. The van der Waals surface area contributed by atoms with Crippen LogP contribution < -0.4 is 9.80 Å². The number of anilines is 2. The van der Waals surface area contributed by atoms with Gasteiger partial charge in [0.2, 0.25) is 5.70 Å². The van der Waals surface area contributed by atoms with E-state index in [4.69, 9.17) is 6.57 Å². The molecule has 0 N–H and O–H groups in total. The van der Waals surface area contributed by atoms with Crippen LogP contribution in [0.4, 0.5) is 11.4 Å². The molecule has 0 aliphatic carbocycles. The molecule has 0 saturated heterocycles. The van der Waals surface area contributed by atoms with Crippen molar-refractivity contribution in [2.24, 2.45) is 0 Å². The highest BCUT2D eigenvalue weighted by atomic mass is 32.1. The number of benzene rings is 2. The molecule has 2 aromatic carbocycles. The van der Waals surface area contributed by atoms with Crippen molar-refractivity contribution in [3.05, 3.63) is 138 Å². The number of rotatable bonds is 10. The molecule has 0 bridgehead atoms. The van der Waals surface area contributed by atoms with Gasteiger partial charge in [0.25, 0.3) is 11.8 Å². The fourth-order valence-corrected chi connectivity index (χ4v) is 10.2. The van der Waals surface area contributed by atoms with Gasteiger partial charge in [0.05, 0.1) is 34.7 Å². The van der Waals surface area contributed by atoms with Gasteiger partial charge in [-0.05, 0) is 89.3 Å². The van der Waals surface area contributed by atoms with Crippen molar-refractivity contribution in [1.82, 2.24) is 0 Å². The Kier molecular flexibility index (Phi) is 9.85. The second-order valence-corrected chi connectivity index (χ2v) is 16.9. The molecule has 10 heteroatoms. The quantitative estimate of drug-likeness (QED) is 0.0790. The minimum Gasteiger partial charge on any atom is -0.308 e. The van der Waals surface area contributed by atoms with Crippen LogP contribution >= 0.6 is 45.3 Å². The molecule has 4 aromatic heterocycles. The summed E-state index contributed by atoms with van der Waals surface area (Å²) in [4.78, 5) is 42.1. The third kappa shape index (κ3) is 6.38. The Balaban J connectivity index is 1.17. The van der Waals surface area contributed by atoms with Gasteiger partial charge in [-0.15, -0.1) is 34.0 Å². The van der Waals surface area contributed by atoms with Gasteiger partial charge in [-0.1, -0.05) is 56.3 Å². The van der Waals surface area contributed by atoms with Crippen LogP contribution in [0, 0.1) is 17.9 Å². The largest absolute Gasteiger partial charge is 0.308 e. The Morgan fingerprint density at radius 2 is 1.24 bits per heavy atom. The first-order valence-corrected chi connectivity index (χ1v) is 21.0. The van der Waals surface area contributed by atoms with Crippen LogP contribution in [0.1, 0.15) is 57.3 Å². The number of carbonyl (C=O) groups excluding carboxylic acids is 2. The number of hydrogen-bond acceptors (Lipinski definition) is 7. The summed E-state index contributed by atoms with van der Waals surface area (Å²) in [5.74, 6) is -0.303. The maximum absolute atomic E-state index is 14.4. The van der Waals surface area contributed by atoms with Crippen molar-refractivity contribution in [3.8, 4) is 27.0 Å². The summed E-state index contributed by atoms with van der Waals surface area (Å²) in [5.41, 5.74) is 7.28. The van der Waals surface area contributed by atoms with Crippen LogP contribution in [0.15, 0.2) is 95.7 Å². The Bertz CT molecular complexity index is 2430. The SMILES string of the molecule is [C-]#[N+]/C(=C\c1ccc(-c2ccc3c(c2)N(CCC)C(=O)/C3=C2/C(=O)N(CCC)c3cc(-c4ccc(/C=C(\C#N)c5cccs5)s4)ccc32)s1)c1cccs1. The van der Waals surface area contributed by atoms with E-state index in [2.05, 4.69) is 49.0 Å². The fourth-order valence-electron chi connectivity index (χ4n) is 6.95. The normalized spacial score (nSPS) is 15.5. The summed E-state index contributed by atoms with van der Waals surface area (Å²) in [6, 6.07) is 30.5. The lowest BCUT2D eigenvalue weighted by molar-refractivity contribution is -0.114. The molecule has 264 valence electrons. The molecule has 2 aliphatic heterocycles. The first-order chi connectivity index (χ1) is 26.4. The predicted octanol–water partition coefficient (Wildman–Crippen LogP) is 12.2. The van der Waals surface area contributed by atoms with E-state index in [0.29, 0.717) is 35.5 Å². The molecule has 2 aliphatic rings. The van der Waals surface area contributed by atoms with Gasteiger partial charge in [0.15, 0.2) is 0 Å². The maximum Gasteiger partial charge on any atom is 0.259 e. The van der Waals surface area contributed by atoms with E-state index in [1.54, 1.807) is 45.3 Å². The molecule has 6 aromatic rings. The van der Waals surface area contributed by atoms with Crippen molar-refractivity contribution in [1.29, 1.82) is 5.26 Å². The smallest absolute Gasteiger partial charge is 0.259 e. The molecule has 0 fully saturated rings. The third-order valence-corrected chi connectivity index (χ3v) is 13.3. The van der Waals surface area contributed by atoms with Gasteiger partial charge in [0.1, 0.15) is 6.07 Å². The lowest BCUT2D eigenvalue weighted by Gasteiger charge is -2.17. The van der Waals surface area contributed by atoms with Gasteiger partial charge < -0.3 is 9.80 Å². The lowest BCUT2D eigenvalue weighted by Crippen LogP contribution is -2.29. The minimum atomic E-state index is -0.152. The zero-order valence-electron chi connectivity index (χ0n) is 29.5. The topological polar surface area (TPSA) is 68.8 Å². The number of carbonyl (C=O) groups is 2. The van der Waals surface area contributed by atoms with Gasteiger partial charge in [-0.2, -0.15) is 16.6 Å². The summed E-state index contributed by atoms with van der Waals surface area (Å²) in [5, 5.41) is 13.7. The summed E-state index contributed by atoms with van der Waals surface area (Å²) in [7, 11) is 0. The number of fused-ring (bicyclic) bond motifs is 2. The first-order valence-electron chi connectivity index (χ1n) is 17.6. The number of nitrogens with zero attached hydrogens (tertiary/aromatic N) is 4. The van der Waals surface area contributed by atoms with Crippen molar-refractivity contribution in [2.45, 2.75) is 26.7 Å². The molecule has 0 atom stereocenters. The number of hydrogen-bond donors (Lipinski definition) is 0. The molecule has 0 radical (unpaired) electrons. The molecule has 6 heterocycles. The number of amides is 2. The fraction of sp³-hybridized carbons (Fsp3) is 0.136. The summed E-state index contributed by atoms with van der Waals surface area (Å²) in [6.45, 7) is 12.9. The van der Waals surface area contributed by atoms with Crippen LogP contribution in [0.5, 0.6) is 0 Å². The third-order valence-electron chi connectivity index (χ3n) is 9.37. The second kappa shape index (κ2) is 15.0. The molecular weight excluding hydrogens is 745 g/mol. The Morgan fingerprint density at radius 1 is 0.722 bits per heavy atom. The Hall–Kier alpha value is -5.62. The van der Waals surface area contributed by atoms with Crippen LogP contribution in [0.2, 0.25) is 0 Å². The van der Waals surface area contributed by atoms with Crippen LogP contribution in [-0.2, 0) is 9.59 Å². The van der Waals surface area contributed by atoms with Gasteiger partial charge >= 0.3 is 0 Å². The van der Waals surface area contributed by atoms with E-state index in [1.165, 1.54) is 0 Å². The molecule has 0 spiro atoms. The second-order valence-electron chi connectivity index (χ2n) is 12.8. The van der Waals surface area contributed by atoms with E-state index in [-0.39, 0.29) is 11.8 Å². The van der Waals surface area contributed by atoms with E-state index in [1.807, 2.05) is 93.4 Å². The molecule has 0 saturated carbocycles. The van der Waals surface area contributed by atoms with Gasteiger partial charge in [0, 0.05) is 53.5 Å². The Labute approximate surface area is 330 Å². The van der Waals surface area contributed by atoms with E-state index in [9.17, 15) is 14.9 Å². The van der Waals surface area contributed by atoms with Crippen LogP contribution in [0.25, 0.3) is 60.3 Å². The molecule has 6 nitrogen and oxygen atoms in total. The van der Waals surface area contributed by atoms with Crippen LogP contribution in [-0.4, -0.2) is 24.9 Å². The van der Waals surface area contributed by atoms with Gasteiger partial charge in [-0.3, -0.25) is 9.59 Å². The monoisotopic (exact) mass is 776 g/mol. The number of thiophene rings is 4. The highest BCUT2D eigenvalue weighted by molar-refractivity contribution is 7.17. The molecule has 54 heavy (non-hydrogen) atoms. The zero-order valence-corrected chi connectivity index (χ0v) is 32.7. The maximum atomic E-state index is 14.4. The predicted molar refractivity (Wildman–Crippen MR) is 228 cm³/mol. The Morgan fingerprint density at radius 3 is 1.70 bits per heavy atom. The first kappa shape index (κ1) is 35.4. The average Bonchev–Trinajstić information content (AvgIpc) is 4.05.